The first-order valence-corrected chi connectivity index (χ1v) is 6.43. The van der Waals surface area contributed by atoms with Gasteiger partial charge in [0.1, 0.15) is 6.61 Å². The Kier molecular flexibility index (Phi) is 7.09. The van der Waals surface area contributed by atoms with Gasteiger partial charge in [-0.2, -0.15) is 0 Å². The van der Waals surface area contributed by atoms with E-state index in [1.165, 1.54) is 0 Å². The van der Waals surface area contributed by atoms with Crippen LogP contribution in [-0.4, -0.2) is 18.5 Å². The number of nitrogens with two attached hydrogens (primary N) is 2. The first-order chi connectivity index (χ1) is 9.18. The first kappa shape index (κ1) is 15.0. The van der Waals surface area contributed by atoms with E-state index in [9.17, 15) is 4.79 Å². The number of nitrogens with zero attached hydrogens (tertiary/aromatic N) is 1. The average Bonchev–Trinajstić information content (AvgIpc) is 2.41. The number of rotatable bonds is 8. The van der Waals surface area contributed by atoms with Crippen LogP contribution in [-0.2, 0) is 16.1 Å². The van der Waals surface area contributed by atoms with E-state index in [4.69, 9.17) is 16.2 Å². The molecular formula is C14H21N3O2. The zero-order chi connectivity index (χ0) is 13.9. The Morgan fingerprint density at radius 2 is 1.84 bits per heavy atom. The molecule has 0 aromatic heterocycles. The maximum Gasteiger partial charge on any atom is 0.306 e. The largest absolute Gasteiger partial charge is 0.461 e. The summed E-state index contributed by atoms with van der Waals surface area (Å²) in [5, 5.41) is 0. The van der Waals surface area contributed by atoms with E-state index in [1.807, 2.05) is 30.3 Å². The Hall–Kier alpha value is -2.04. The minimum absolute atomic E-state index is 0.113. The third-order valence-corrected chi connectivity index (χ3v) is 2.58. The predicted octanol–water partition coefficient (Wildman–Crippen LogP) is 1.56. The quantitative estimate of drug-likeness (QED) is 0.322. The number of esters is 1. The van der Waals surface area contributed by atoms with Gasteiger partial charge in [-0.15, -0.1) is 0 Å². The van der Waals surface area contributed by atoms with Gasteiger partial charge < -0.3 is 16.2 Å². The zero-order valence-electron chi connectivity index (χ0n) is 11.0. The molecule has 0 spiro atoms. The molecule has 1 rings (SSSR count). The average molecular weight is 263 g/mol. The van der Waals surface area contributed by atoms with E-state index in [2.05, 4.69) is 4.99 Å². The molecule has 0 aliphatic carbocycles. The highest BCUT2D eigenvalue weighted by Crippen LogP contribution is 2.05. The molecule has 0 saturated heterocycles. The molecule has 4 N–H and O–H groups in total. The molecule has 0 amide bonds. The fourth-order valence-corrected chi connectivity index (χ4v) is 1.58. The summed E-state index contributed by atoms with van der Waals surface area (Å²) in [6.45, 7) is 0.953. The van der Waals surface area contributed by atoms with E-state index < -0.39 is 0 Å². The second kappa shape index (κ2) is 8.97. The number of carbonyl (C=O) groups excluding carboxylic acids is 1. The van der Waals surface area contributed by atoms with Crippen LogP contribution in [0.1, 0.15) is 31.2 Å². The van der Waals surface area contributed by atoms with Gasteiger partial charge in [-0.1, -0.05) is 36.8 Å². The van der Waals surface area contributed by atoms with Gasteiger partial charge in [-0.05, 0) is 18.4 Å². The van der Waals surface area contributed by atoms with Crippen LogP contribution in [0.15, 0.2) is 35.3 Å². The molecule has 104 valence electrons. The lowest BCUT2D eigenvalue weighted by Crippen LogP contribution is -2.22. The lowest BCUT2D eigenvalue weighted by Gasteiger charge is -2.04. The Morgan fingerprint density at radius 3 is 2.53 bits per heavy atom. The second-order valence-electron chi connectivity index (χ2n) is 4.26. The fourth-order valence-electron chi connectivity index (χ4n) is 1.58. The van der Waals surface area contributed by atoms with Crippen LogP contribution in [0, 0.1) is 0 Å². The predicted molar refractivity (Wildman–Crippen MR) is 75.4 cm³/mol. The molecule has 1 aromatic rings. The Bertz CT molecular complexity index is 400. The monoisotopic (exact) mass is 263 g/mol. The van der Waals surface area contributed by atoms with E-state index in [1.54, 1.807) is 0 Å². The molecule has 1 aromatic carbocycles. The number of hydrogen-bond acceptors (Lipinski definition) is 3. The molecule has 0 bridgehead atoms. The van der Waals surface area contributed by atoms with Crippen molar-refractivity contribution in [1.29, 1.82) is 0 Å². The van der Waals surface area contributed by atoms with Crippen LogP contribution in [0.25, 0.3) is 0 Å². The summed E-state index contributed by atoms with van der Waals surface area (Å²) in [5.41, 5.74) is 11.4. The Morgan fingerprint density at radius 1 is 1.11 bits per heavy atom. The summed E-state index contributed by atoms with van der Waals surface area (Å²) in [6, 6.07) is 9.65. The molecule has 19 heavy (non-hydrogen) atoms. The van der Waals surface area contributed by atoms with Crippen molar-refractivity contribution in [3.63, 3.8) is 0 Å². The molecule has 5 nitrogen and oxygen atoms in total. The van der Waals surface area contributed by atoms with Crippen molar-refractivity contribution in [2.24, 2.45) is 16.5 Å². The van der Waals surface area contributed by atoms with Gasteiger partial charge in [-0.25, -0.2) is 0 Å². The van der Waals surface area contributed by atoms with Gasteiger partial charge in [0, 0.05) is 13.0 Å². The molecule has 0 saturated carbocycles. The SMILES string of the molecule is NC(N)=NCCCCCC(=O)OCc1ccccc1. The van der Waals surface area contributed by atoms with Crippen molar-refractivity contribution >= 4 is 11.9 Å². The Balaban J connectivity index is 2.04. The number of ether oxygens (including phenoxy) is 1. The number of benzene rings is 1. The van der Waals surface area contributed by atoms with E-state index in [-0.39, 0.29) is 11.9 Å². The van der Waals surface area contributed by atoms with Crippen molar-refractivity contribution in [2.75, 3.05) is 6.54 Å². The van der Waals surface area contributed by atoms with Crippen LogP contribution in [0.2, 0.25) is 0 Å². The minimum Gasteiger partial charge on any atom is -0.461 e. The molecule has 0 unspecified atom stereocenters. The lowest BCUT2D eigenvalue weighted by atomic mass is 10.2. The molecular weight excluding hydrogens is 242 g/mol. The summed E-state index contributed by atoms with van der Waals surface area (Å²) < 4.78 is 5.17. The molecule has 5 heteroatoms. The van der Waals surface area contributed by atoms with Crippen LogP contribution in [0.5, 0.6) is 0 Å². The van der Waals surface area contributed by atoms with Crippen LogP contribution in [0.4, 0.5) is 0 Å². The third kappa shape index (κ3) is 7.81. The number of carbonyl (C=O) groups is 1. The number of hydrogen-bond donors (Lipinski definition) is 2. The molecule has 0 heterocycles. The third-order valence-electron chi connectivity index (χ3n) is 2.58. The highest BCUT2D eigenvalue weighted by molar-refractivity contribution is 5.75. The van der Waals surface area contributed by atoms with Gasteiger partial charge in [-0.3, -0.25) is 9.79 Å². The summed E-state index contributed by atoms with van der Waals surface area (Å²) in [7, 11) is 0. The van der Waals surface area contributed by atoms with Gasteiger partial charge in [0.25, 0.3) is 0 Å². The van der Waals surface area contributed by atoms with Crippen molar-refractivity contribution in [2.45, 2.75) is 32.3 Å². The number of aliphatic imine (C=N–C) groups is 1. The molecule has 0 fully saturated rings. The van der Waals surface area contributed by atoms with E-state index in [0.29, 0.717) is 19.6 Å². The van der Waals surface area contributed by atoms with Gasteiger partial charge in [0.15, 0.2) is 5.96 Å². The standard InChI is InChI=1S/C14H21N3O2/c15-14(16)17-10-6-2-5-9-13(18)19-11-12-7-3-1-4-8-12/h1,3-4,7-8H,2,5-6,9-11H2,(H4,15,16,17). The van der Waals surface area contributed by atoms with Gasteiger partial charge in [0.05, 0.1) is 0 Å². The van der Waals surface area contributed by atoms with Crippen LogP contribution in [0.3, 0.4) is 0 Å². The van der Waals surface area contributed by atoms with Crippen molar-refractivity contribution in [1.82, 2.24) is 0 Å². The molecule has 0 aliphatic heterocycles. The molecule has 0 aliphatic rings. The zero-order valence-corrected chi connectivity index (χ0v) is 11.0. The topological polar surface area (TPSA) is 90.7 Å². The summed E-state index contributed by atoms with van der Waals surface area (Å²) >= 11 is 0. The lowest BCUT2D eigenvalue weighted by molar-refractivity contribution is -0.145. The maximum atomic E-state index is 11.5. The molecule has 0 radical (unpaired) electrons. The Labute approximate surface area is 113 Å². The van der Waals surface area contributed by atoms with E-state index >= 15 is 0 Å². The van der Waals surface area contributed by atoms with Crippen molar-refractivity contribution in [3.8, 4) is 0 Å². The molecule has 0 atom stereocenters. The van der Waals surface area contributed by atoms with Crippen LogP contribution < -0.4 is 11.5 Å². The number of guanidine groups is 1. The minimum atomic E-state index is -0.161. The first-order valence-electron chi connectivity index (χ1n) is 6.43. The highest BCUT2D eigenvalue weighted by atomic mass is 16.5. The summed E-state index contributed by atoms with van der Waals surface area (Å²) in [4.78, 5) is 15.3. The second-order valence-corrected chi connectivity index (χ2v) is 4.26. The van der Waals surface area contributed by atoms with Crippen molar-refractivity contribution in [3.05, 3.63) is 35.9 Å². The van der Waals surface area contributed by atoms with E-state index in [0.717, 1.165) is 24.8 Å². The maximum absolute atomic E-state index is 11.5. The summed E-state index contributed by atoms with van der Waals surface area (Å²) in [5.74, 6) is -0.0482. The smallest absolute Gasteiger partial charge is 0.306 e. The highest BCUT2D eigenvalue weighted by Gasteiger charge is 2.02. The summed E-state index contributed by atoms with van der Waals surface area (Å²) in [6.07, 6.45) is 3.03. The van der Waals surface area contributed by atoms with Crippen LogP contribution >= 0.6 is 0 Å². The fraction of sp³-hybridized carbons (Fsp3) is 0.429. The normalized spacial score (nSPS) is 9.89. The number of unbranched alkanes of at least 4 members (excludes halogenated alkanes) is 2. The van der Waals surface area contributed by atoms with Gasteiger partial charge in [0.2, 0.25) is 0 Å². The van der Waals surface area contributed by atoms with Gasteiger partial charge >= 0.3 is 5.97 Å². The van der Waals surface area contributed by atoms with Crippen molar-refractivity contribution < 1.29 is 9.53 Å².